The summed E-state index contributed by atoms with van der Waals surface area (Å²) in [5.41, 5.74) is 2.91. The van der Waals surface area contributed by atoms with Crippen LogP contribution in [0.25, 0.3) is 0 Å². The molecule has 0 aliphatic heterocycles. The summed E-state index contributed by atoms with van der Waals surface area (Å²) in [6.07, 6.45) is 1.08. The molecule has 0 aliphatic rings. The predicted molar refractivity (Wildman–Crippen MR) is 90.9 cm³/mol. The molecule has 0 saturated heterocycles. The topological polar surface area (TPSA) is 55.4 Å². The largest absolute Gasteiger partial charge is 0.465 e. The quantitative estimate of drug-likeness (QED) is 0.840. The molecule has 0 fully saturated rings. The molecule has 0 radical (unpaired) electrons. The van der Waals surface area contributed by atoms with Crippen molar-refractivity contribution in [3.05, 3.63) is 65.2 Å². The highest BCUT2D eigenvalue weighted by Gasteiger charge is 2.09. The molecule has 4 nitrogen and oxygen atoms in total. The van der Waals surface area contributed by atoms with Crippen LogP contribution in [0.15, 0.2) is 48.5 Å². The van der Waals surface area contributed by atoms with Crippen LogP contribution in [-0.4, -0.2) is 19.0 Å². The molecule has 1 amide bonds. The Hall–Kier alpha value is -2.62. The smallest absolute Gasteiger partial charge is 0.337 e. The third-order valence-electron chi connectivity index (χ3n) is 3.92. The summed E-state index contributed by atoms with van der Waals surface area (Å²) < 4.78 is 4.63. The maximum atomic E-state index is 12.2. The predicted octanol–water partition coefficient (Wildman–Crippen LogP) is 4.24. The van der Waals surface area contributed by atoms with E-state index >= 15 is 0 Å². The Labute approximate surface area is 136 Å². The number of hydrogen-bond acceptors (Lipinski definition) is 3. The van der Waals surface area contributed by atoms with Gasteiger partial charge in [0.05, 0.1) is 12.7 Å². The molecule has 0 saturated carbocycles. The summed E-state index contributed by atoms with van der Waals surface area (Å²) in [5.74, 6) is -0.124. The van der Waals surface area contributed by atoms with E-state index in [-0.39, 0.29) is 5.91 Å². The number of ether oxygens (including phenoxy) is 1. The number of anilines is 1. The highest BCUT2D eigenvalue weighted by molar-refractivity contribution is 6.04. The van der Waals surface area contributed by atoms with Gasteiger partial charge in [-0.3, -0.25) is 4.79 Å². The van der Waals surface area contributed by atoms with E-state index in [1.165, 1.54) is 12.7 Å². The maximum Gasteiger partial charge on any atom is 0.337 e. The van der Waals surface area contributed by atoms with Crippen LogP contribution < -0.4 is 5.32 Å². The Morgan fingerprint density at radius 1 is 1.00 bits per heavy atom. The van der Waals surface area contributed by atoms with Crippen LogP contribution >= 0.6 is 0 Å². The number of carbonyl (C=O) groups is 2. The fraction of sp³-hybridized carbons (Fsp3) is 0.263. The highest BCUT2D eigenvalue weighted by Crippen LogP contribution is 2.20. The Balaban J connectivity index is 2.05. The van der Waals surface area contributed by atoms with E-state index in [2.05, 4.69) is 23.9 Å². The number of rotatable bonds is 5. The van der Waals surface area contributed by atoms with Crippen LogP contribution in [0.5, 0.6) is 0 Å². The van der Waals surface area contributed by atoms with Gasteiger partial charge in [0.25, 0.3) is 5.91 Å². The standard InChI is InChI=1S/C19H21NO3/c1-4-13(2)14-9-11-17(12-10-14)20-18(21)15-5-7-16(8-6-15)19(22)23-3/h5-13H,4H2,1-3H3,(H,20,21). The van der Waals surface area contributed by atoms with E-state index in [9.17, 15) is 9.59 Å². The lowest BCUT2D eigenvalue weighted by atomic mass is 9.98. The van der Waals surface area contributed by atoms with Gasteiger partial charge in [-0.2, -0.15) is 0 Å². The van der Waals surface area contributed by atoms with Crippen molar-refractivity contribution >= 4 is 17.6 Å². The van der Waals surface area contributed by atoms with Gasteiger partial charge in [-0.25, -0.2) is 4.79 Å². The first-order valence-corrected chi connectivity index (χ1v) is 7.64. The lowest BCUT2D eigenvalue weighted by molar-refractivity contribution is 0.0600. The van der Waals surface area contributed by atoms with Crippen LogP contribution in [0.1, 0.15) is 52.5 Å². The molecular formula is C19H21NO3. The fourth-order valence-electron chi connectivity index (χ4n) is 2.21. The fourth-order valence-corrected chi connectivity index (χ4v) is 2.21. The second-order valence-electron chi connectivity index (χ2n) is 5.45. The number of hydrogen-bond donors (Lipinski definition) is 1. The molecule has 1 N–H and O–H groups in total. The maximum absolute atomic E-state index is 12.2. The first kappa shape index (κ1) is 16.7. The van der Waals surface area contributed by atoms with Gasteiger partial charge in [0.2, 0.25) is 0 Å². The normalized spacial score (nSPS) is 11.6. The summed E-state index contributed by atoms with van der Waals surface area (Å²) in [6.45, 7) is 4.33. The van der Waals surface area contributed by atoms with Crippen molar-refractivity contribution in [2.45, 2.75) is 26.2 Å². The second-order valence-corrected chi connectivity index (χ2v) is 5.45. The summed E-state index contributed by atoms with van der Waals surface area (Å²) in [6, 6.07) is 14.2. The van der Waals surface area contributed by atoms with Crippen molar-refractivity contribution < 1.29 is 14.3 Å². The SMILES string of the molecule is CCC(C)c1ccc(NC(=O)c2ccc(C(=O)OC)cc2)cc1. The van der Waals surface area contributed by atoms with E-state index in [4.69, 9.17) is 0 Å². The second kappa shape index (κ2) is 7.58. The molecular weight excluding hydrogens is 290 g/mol. The zero-order valence-electron chi connectivity index (χ0n) is 13.6. The molecule has 0 spiro atoms. The van der Waals surface area contributed by atoms with Gasteiger partial charge in [-0.15, -0.1) is 0 Å². The van der Waals surface area contributed by atoms with Gasteiger partial charge in [-0.1, -0.05) is 26.0 Å². The molecule has 2 aromatic rings. The average Bonchev–Trinajstić information content (AvgIpc) is 2.61. The zero-order chi connectivity index (χ0) is 16.8. The molecule has 2 rings (SSSR count). The van der Waals surface area contributed by atoms with Crippen molar-refractivity contribution in [2.24, 2.45) is 0 Å². The lowest BCUT2D eigenvalue weighted by Crippen LogP contribution is -2.12. The molecule has 0 heterocycles. The van der Waals surface area contributed by atoms with Crippen molar-refractivity contribution in [3.63, 3.8) is 0 Å². The van der Waals surface area contributed by atoms with Crippen molar-refractivity contribution in [1.29, 1.82) is 0 Å². The van der Waals surface area contributed by atoms with Gasteiger partial charge in [-0.05, 0) is 54.3 Å². The molecule has 2 aromatic carbocycles. The third-order valence-corrected chi connectivity index (χ3v) is 3.92. The number of esters is 1. The highest BCUT2D eigenvalue weighted by atomic mass is 16.5. The van der Waals surface area contributed by atoms with Gasteiger partial charge in [0.15, 0.2) is 0 Å². The molecule has 0 aromatic heterocycles. The van der Waals surface area contributed by atoms with Crippen molar-refractivity contribution in [3.8, 4) is 0 Å². The van der Waals surface area contributed by atoms with Crippen LogP contribution in [0.2, 0.25) is 0 Å². The number of benzene rings is 2. The minimum Gasteiger partial charge on any atom is -0.465 e. The molecule has 1 atom stereocenters. The molecule has 4 heteroatoms. The molecule has 120 valence electrons. The number of methoxy groups -OCH3 is 1. The molecule has 0 bridgehead atoms. The van der Waals surface area contributed by atoms with Gasteiger partial charge < -0.3 is 10.1 Å². The van der Waals surface area contributed by atoms with E-state index < -0.39 is 5.97 Å². The Bertz CT molecular complexity index is 675. The number of amides is 1. The minimum absolute atomic E-state index is 0.210. The monoisotopic (exact) mass is 311 g/mol. The Morgan fingerprint density at radius 3 is 2.09 bits per heavy atom. The third kappa shape index (κ3) is 4.19. The average molecular weight is 311 g/mol. The first-order valence-electron chi connectivity index (χ1n) is 7.64. The number of carbonyl (C=O) groups excluding carboxylic acids is 2. The Morgan fingerprint density at radius 2 is 1.57 bits per heavy atom. The van der Waals surface area contributed by atoms with E-state index in [1.807, 2.05) is 24.3 Å². The van der Waals surface area contributed by atoms with Gasteiger partial charge >= 0.3 is 5.97 Å². The minimum atomic E-state index is -0.419. The molecule has 23 heavy (non-hydrogen) atoms. The summed E-state index contributed by atoms with van der Waals surface area (Å²) in [7, 11) is 1.33. The first-order chi connectivity index (χ1) is 11.0. The van der Waals surface area contributed by atoms with Crippen molar-refractivity contribution in [2.75, 3.05) is 12.4 Å². The van der Waals surface area contributed by atoms with Gasteiger partial charge in [0.1, 0.15) is 0 Å². The van der Waals surface area contributed by atoms with E-state index in [1.54, 1.807) is 24.3 Å². The van der Waals surface area contributed by atoms with Crippen LogP contribution in [0, 0.1) is 0 Å². The summed E-state index contributed by atoms with van der Waals surface area (Å²) in [5, 5.41) is 2.85. The van der Waals surface area contributed by atoms with Gasteiger partial charge in [0, 0.05) is 11.3 Å². The zero-order valence-corrected chi connectivity index (χ0v) is 13.6. The van der Waals surface area contributed by atoms with Crippen molar-refractivity contribution in [1.82, 2.24) is 0 Å². The lowest BCUT2D eigenvalue weighted by Gasteiger charge is -2.10. The summed E-state index contributed by atoms with van der Waals surface area (Å²) >= 11 is 0. The Kier molecular flexibility index (Phi) is 5.52. The molecule has 0 aliphatic carbocycles. The summed E-state index contributed by atoms with van der Waals surface area (Å²) in [4.78, 5) is 23.6. The number of nitrogens with one attached hydrogen (secondary N) is 1. The van der Waals surface area contributed by atoms with Crippen LogP contribution in [0.4, 0.5) is 5.69 Å². The van der Waals surface area contributed by atoms with Crippen LogP contribution in [0.3, 0.4) is 0 Å². The van der Waals surface area contributed by atoms with E-state index in [0.717, 1.165) is 12.1 Å². The van der Waals surface area contributed by atoms with E-state index in [0.29, 0.717) is 17.0 Å². The molecule has 1 unspecified atom stereocenters. The van der Waals surface area contributed by atoms with Crippen LogP contribution in [-0.2, 0) is 4.74 Å².